The van der Waals surface area contributed by atoms with E-state index < -0.39 is 5.97 Å². The summed E-state index contributed by atoms with van der Waals surface area (Å²) in [6.45, 7) is 1.85. The molecule has 19 heavy (non-hydrogen) atoms. The average Bonchev–Trinajstić information content (AvgIpc) is 2.35. The molecule has 1 N–H and O–H groups in total. The predicted octanol–water partition coefficient (Wildman–Crippen LogP) is 3.30. The number of fused-ring (bicyclic) bond motifs is 1. The van der Waals surface area contributed by atoms with E-state index in [9.17, 15) is 4.79 Å². The number of hydrogen-bond donors (Lipinski definition) is 1. The van der Waals surface area contributed by atoms with Gasteiger partial charge in [-0.05, 0) is 25.1 Å². The molecule has 0 saturated heterocycles. The highest BCUT2D eigenvalue weighted by atomic mass is 35.5. The number of pyridine rings is 1. The van der Waals surface area contributed by atoms with Gasteiger partial charge in [-0.2, -0.15) is 0 Å². The number of nitrogens with zero attached hydrogens (tertiary/aromatic N) is 1. The van der Waals surface area contributed by atoms with Gasteiger partial charge in [0.1, 0.15) is 5.75 Å². The molecule has 1 aromatic heterocycles. The zero-order valence-corrected chi connectivity index (χ0v) is 11.2. The SMILES string of the molecule is COc1cc(C)nc2c(/C=C/C(=O)O)cc(Cl)cc12. The Morgan fingerprint density at radius 2 is 2.16 bits per heavy atom. The standard InChI is InChI=1S/C14H12ClNO3/c1-8-5-12(19-2)11-7-10(15)6-9(14(11)16-8)3-4-13(17)18/h3-7H,1-2H3,(H,17,18)/b4-3+. The number of carbonyl (C=O) groups is 1. The topological polar surface area (TPSA) is 59.4 Å². The van der Waals surface area contributed by atoms with Gasteiger partial charge in [-0.1, -0.05) is 11.6 Å². The fraction of sp³-hybridized carbons (Fsp3) is 0.143. The van der Waals surface area contributed by atoms with E-state index >= 15 is 0 Å². The van der Waals surface area contributed by atoms with Gasteiger partial charge in [-0.25, -0.2) is 4.79 Å². The summed E-state index contributed by atoms with van der Waals surface area (Å²) in [6, 6.07) is 5.23. The van der Waals surface area contributed by atoms with Gasteiger partial charge < -0.3 is 9.84 Å². The van der Waals surface area contributed by atoms with Gasteiger partial charge in [0.25, 0.3) is 0 Å². The molecule has 0 radical (unpaired) electrons. The third-order valence-electron chi connectivity index (χ3n) is 2.62. The molecule has 0 aliphatic heterocycles. The van der Waals surface area contributed by atoms with Gasteiger partial charge in [0.15, 0.2) is 0 Å². The lowest BCUT2D eigenvalue weighted by molar-refractivity contribution is -0.131. The third-order valence-corrected chi connectivity index (χ3v) is 2.84. The zero-order valence-electron chi connectivity index (χ0n) is 10.5. The number of methoxy groups -OCH3 is 1. The van der Waals surface area contributed by atoms with Crippen molar-refractivity contribution in [2.75, 3.05) is 7.11 Å². The molecule has 1 heterocycles. The van der Waals surface area contributed by atoms with Crippen molar-refractivity contribution >= 4 is 34.5 Å². The summed E-state index contributed by atoms with van der Waals surface area (Å²) in [4.78, 5) is 15.0. The first-order chi connectivity index (χ1) is 9.01. The Morgan fingerprint density at radius 1 is 1.42 bits per heavy atom. The minimum atomic E-state index is -1.02. The van der Waals surface area contributed by atoms with Crippen LogP contribution in [0.4, 0.5) is 0 Å². The molecular formula is C14H12ClNO3. The van der Waals surface area contributed by atoms with Gasteiger partial charge in [0.05, 0.1) is 12.6 Å². The van der Waals surface area contributed by atoms with Gasteiger partial charge >= 0.3 is 5.97 Å². The second-order valence-electron chi connectivity index (χ2n) is 4.03. The summed E-state index contributed by atoms with van der Waals surface area (Å²) in [5, 5.41) is 9.96. The number of hydrogen-bond acceptors (Lipinski definition) is 3. The van der Waals surface area contributed by atoms with Crippen LogP contribution in [0.1, 0.15) is 11.3 Å². The first kappa shape index (κ1) is 13.4. The van der Waals surface area contributed by atoms with E-state index in [1.165, 1.54) is 6.08 Å². The highest BCUT2D eigenvalue weighted by Gasteiger charge is 2.09. The van der Waals surface area contributed by atoms with E-state index in [2.05, 4.69) is 4.98 Å². The van der Waals surface area contributed by atoms with Crippen LogP contribution in [-0.4, -0.2) is 23.2 Å². The summed E-state index contributed by atoms with van der Waals surface area (Å²) >= 11 is 6.04. The molecule has 0 bridgehead atoms. The lowest BCUT2D eigenvalue weighted by Crippen LogP contribution is -1.93. The molecule has 0 saturated carbocycles. The Labute approximate surface area is 115 Å². The van der Waals surface area contributed by atoms with Crippen LogP contribution < -0.4 is 4.74 Å². The summed E-state index contributed by atoms with van der Waals surface area (Å²) in [7, 11) is 1.57. The van der Waals surface area contributed by atoms with Gasteiger partial charge in [0, 0.05) is 33.8 Å². The molecule has 4 nitrogen and oxygen atoms in total. The van der Waals surface area contributed by atoms with Crippen LogP contribution in [0, 0.1) is 6.92 Å². The van der Waals surface area contributed by atoms with E-state index in [0.717, 1.165) is 17.2 Å². The van der Waals surface area contributed by atoms with Crippen molar-refractivity contribution in [3.63, 3.8) is 0 Å². The van der Waals surface area contributed by atoms with Gasteiger partial charge in [-0.3, -0.25) is 4.98 Å². The van der Waals surface area contributed by atoms with Crippen molar-refractivity contribution in [2.24, 2.45) is 0 Å². The Hall–Kier alpha value is -2.07. The molecule has 0 fully saturated rings. The Morgan fingerprint density at radius 3 is 2.79 bits per heavy atom. The second-order valence-corrected chi connectivity index (χ2v) is 4.47. The number of aliphatic carboxylic acids is 1. The van der Waals surface area contributed by atoms with Crippen LogP contribution in [0.3, 0.4) is 0 Å². The quantitative estimate of drug-likeness (QED) is 0.875. The first-order valence-electron chi connectivity index (χ1n) is 5.57. The van der Waals surface area contributed by atoms with Crippen LogP contribution >= 0.6 is 11.6 Å². The van der Waals surface area contributed by atoms with Crippen LogP contribution in [0.25, 0.3) is 17.0 Å². The van der Waals surface area contributed by atoms with Gasteiger partial charge in [0.2, 0.25) is 0 Å². The minimum Gasteiger partial charge on any atom is -0.496 e. The van der Waals surface area contributed by atoms with Crippen LogP contribution in [0.2, 0.25) is 5.02 Å². The smallest absolute Gasteiger partial charge is 0.328 e. The van der Waals surface area contributed by atoms with Crippen LogP contribution in [0.5, 0.6) is 5.75 Å². The summed E-state index contributed by atoms with van der Waals surface area (Å²) in [6.07, 6.45) is 2.53. The number of carboxylic acid groups (broad SMARTS) is 1. The maximum absolute atomic E-state index is 10.6. The monoisotopic (exact) mass is 277 g/mol. The highest BCUT2D eigenvalue weighted by molar-refractivity contribution is 6.31. The highest BCUT2D eigenvalue weighted by Crippen LogP contribution is 2.31. The molecule has 0 spiro atoms. The van der Waals surface area contributed by atoms with E-state index in [0.29, 0.717) is 21.9 Å². The van der Waals surface area contributed by atoms with E-state index in [-0.39, 0.29) is 0 Å². The molecule has 1 aromatic carbocycles. The normalized spacial score (nSPS) is 11.1. The molecular weight excluding hydrogens is 266 g/mol. The number of rotatable bonds is 3. The van der Waals surface area contributed by atoms with Crippen molar-refractivity contribution in [1.82, 2.24) is 4.98 Å². The molecule has 0 aliphatic rings. The summed E-state index contributed by atoms with van der Waals surface area (Å²) < 4.78 is 5.30. The first-order valence-corrected chi connectivity index (χ1v) is 5.95. The molecule has 0 amide bonds. The van der Waals surface area contributed by atoms with Crippen molar-refractivity contribution in [1.29, 1.82) is 0 Å². The summed E-state index contributed by atoms with van der Waals surface area (Å²) in [5.41, 5.74) is 2.10. The summed E-state index contributed by atoms with van der Waals surface area (Å²) in [5.74, 6) is -0.359. The Balaban J connectivity index is 2.76. The fourth-order valence-corrected chi connectivity index (χ4v) is 2.09. The van der Waals surface area contributed by atoms with Gasteiger partial charge in [-0.15, -0.1) is 0 Å². The maximum Gasteiger partial charge on any atom is 0.328 e. The lowest BCUT2D eigenvalue weighted by atomic mass is 10.1. The number of benzene rings is 1. The number of halogens is 1. The third kappa shape index (κ3) is 2.85. The second kappa shape index (κ2) is 5.28. The van der Waals surface area contributed by atoms with E-state index in [4.69, 9.17) is 21.4 Å². The molecule has 2 aromatic rings. The number of aryl methyl sites for hydroxylation is 1. The lowest BCUT2D eigenvalue weighted by Gasteiger charge is -2.09. The van der Waals surface area contributed by atoms with E-state index in [1.807, 2.05) is 13.0 Å². The van der Waals surface area contributed by atoms with Crippen molar-refractivity contribution in [2.45, 2.75) is 6.92 Å². The molecule has 0 aliphatic carbocycles. The molecule has 98 valence electrons. The molecule has 0 unspecified atom stereocenters. The van der Waals surface area contributed by atoms with Crippen LogP contribution in [-0.2, 0) is 4.79 Å². The zero-order chi connectivity index (χ0) is 14.0. The maximum atomic E-state index is 10.6. The fourth-order valence-electron chi connectivity index (χ4n) is 1.87. The van der Waals surface area contributed by atoms with Crippen molar-refractivity contribution < 1.29 is 14.6 Å². The Kier molecular flexibility index (Phi) is 3.71. The number of aromatic nitrogens is 1. The molecule has 5 heteroatoms. The van der Waals surface area contributed by atoms with Crippen molar-refractivity contribution in [3.8, 4) is 5.75 Å². The molecule has 2 rings (SSSR count). The Bertz CT molecular complexity index is 680. The number of carboxylic acids is 1. The average molecular weight is 278 g/mol. The molecule has 0 atom stereocenters. The predicted molar refractivity (Wildman–Crippen MR) is 74.7 cm³/mol. The largest absolute Gasteiger partial charge is 0.496 e. The van der Waals surface area contributed by atoms with E-state index in [1.54, 1.807) is 19.2 Å². The minimum absolute atomic E-state index is 0.501. The van der Waals surface area contributed by atoms with Crippen LogP contribution in [0.15, 0.2) is 24.3 Å². The number of ether oxygens (including phenoxy) is 1. The van der Waals surface area contributed by atoms with Crippen molar-refractivity contribution in [3.05, 3.63) is 40.6 Å².